The van der Waals surface area contributed by atoms with Crippen molar-refractivity contribution >= 4 is 13.7 Å². The molecule has 0 saturated carbocycles. The van der Waals surface area contributed by atoms with Gasteiger partial charge in [-0.25, -0.2) is 4.57 Å². The van der Waals surface area contributed by atoms with Crippen molar-refractivity contribution in [3.63, 3.8) is 0 Å². The molecule has 0 aromatic carbocycles. The number of hydrogen-bond acceptors (Lipinski definition) is 4. The van der Waals surface area contributed by atoms with Crippen LogP contribution in [-0.2, 0) is 13.9 Å². The van der Waals surface area contributed by atoms with Gasteiger partial charge in [-0.3, -0.25) is 9.32 Å². The van der Waals surface area contributed by atoms with Crippen LogP contribution in [-0.4, -0.2) is 40.1 Å². The Bertz CT molecular complexity index is 454. The summed E-state index contributed by atoms with van der Waals surface area (Å²) in [5, 5.41) is 11.9. The Hall–Kier alpha value is -0.900. The number of hydrogen-bond donors (Lipinski definition) is 4. The predicted octanol–water partition coefficient (Wildman–Crippen LogP) is 2.50. The molecule has 0 aliphatic carbocycles. The van der Waals surface area contributed by atoms with Gasteiger partial charge >= 0.3 is 7.82 Å². The smallest absolute Gasteiger partial charge is 0.389 e. The summed E-state index contributed by atoms with van der Waals surface area (Å²) < 4.78 is 14.6. The summed E-state index contributed by atoms with van der Waals surface area (Å²) in [7, 11) is -4.59. The van der Waals surface area contributed by atoms with E-state index in [1.165, 1.54) is 12.8 Å². The first kappa shape index (κ1) is 24.1. The molecule has 0 heterocycles. The molecule has 0 aliphatic heterocycles. The van der Waals surface area contributed by atoms with E-state index in [4.69, 9.17) is 9.79 Å². The Morgan fingerprint density at radius 1 is 1.08 bits per heavy atom. The molecule has 1 amide bonds. The number of amides is 1. The summed E-state index contributed by atoms with van der Waals surface area (Å²) in [6.45, 7) is 1.55. The normalized spacial score (nSPS) is 12.3. The van der Waals surface area contributed by atoms with Crippen LogP contribution in [0.1, 0.15) is 71.1 Å². The lowest BCUT2D eigenvalue weighted by atomic mass is 10.1. The molecule has 0 aromatic rings. The minimum Gasteiger partial charge on any atom is -0.389 e. The summed E-state index contributed by atoms with van der Waals surface area (Å²) in [5.74, 6) is 6.16. The maximum absolute atomic E-state index is 11.6. The largest absolute Gasteiger partial charge is 0.469 e. The lowest BCUT2D eigenvalue weighted by molar-refractivity contribution is -0.121. The van der Waals surface area contributed by atoms with E-state index in [0.29, 0.717) is 6.42 Å². The molecule has 0 radical (unpaired) electrons. The first-order valence-corrected chi connectivity index (χ1v) is 10.5. The second kappa shape index (κ2) is 15.4. The van der Waals surface area contributed by atoms with Crippen molar-refractivity contribution < 1.29 is 28.8 Å². The highest BCUT2D eigenvalue weighted by molar-refractivity contribution is 7.46. The van der Waals surface area contributed by atoms with E-state index < -0.39 is 20.5 Å². The third-order valence-electron chi connectivity index (χ3n) is 3.46. The molecule has 0 spiro atoms. The van der Waals surface area contributed by atoms with Crippen LogP contribution in [0.5, 0.6) is 0 Å². The van der Waals surface area contributed by atoms with E-state index in [-0.39, 0.29) is 12.5 Å². The minimum atomic E-state index is -4.59. The van der Waals surface area contributed by atoms with Crippen LogP contribution in [0.25, 0.3) is 0 Å². The van der Waals surface area contributed by atoms with Gasteiger partial charge in [-0.1, -0.05) is 32.6 Å². The van der Waals surface area contributed by atoms with Crippen molar-refractivity contribution in [1.82, 2.24) is 5.32 Å². The minimum absolute atomic E-state index is 0.0878. The van der Waals surface area contributed by atoms with Crippen molar-refractivity contribution in [1.29, 1.82) is 0 Å². The highest BCUT2D eigenvalue weighted by Gasteiger charge is 2.17. The molecule has 146 valence electrons. The number of carbonyl (C=O) groups is 1. The van der Waals surface area contributed by atoms with Crippen LogP contribution >= 0.6 is 7.82 Å². The van der Waals surface area contributed by atoms with Gasteiger partial charge in [-0.15, -0.1) is 11.8 Å². The zero-order valence-corrected chi connectivity index (χ0v) is 16.0. The van der Waals surface area contributed by atoms with Gasteiger partial charge in [-0.05, 0) is 19.3 Å². The van der Waals surface area contributed by atoms with Crippen molar-refractivity contribution in [3.8, 4) is 11.8 Å². The molecule has 1 atom stereocenters. The lowest BCUT2D eigenvalue weighted by Crippen LogP contribution is -2.34. The topological polar surface area (TPSA) is 116 Å². The molecule has 25 heavy (non-hydrogen) atoms. The lowest BCUT2D eigenvalue weighted by Gasteiger charge is -2.12. The maximum Gasteiger partial charge on any atom is 0.469 e. The number of phosphoric acid groups is 1. The number of unbranched alkanes of at least 4 members (excludes halogenated alkanes) is 7. The van der Waals surface area contributed by atoms with Crippen LogP contribution in [0.15, 0.2) is 0 Å². The molecule has 4 N–H and O–H groups in total. The number of phosphoric ester groups is 1. The number of aliphatic hydroxyl groups is 1. The molecule has 8 heteroatoms. The Morgan fingerprint density at radius 3 is 2.32 bits per heavy atom. The predicted molar refractivity (Wildman–Crippen MR) is 96.6 cm³/mol. The molecular formula is C17H32NO6P. The fraction of sp³-hybridized carbons (Fsp3) is 0.824. The van der Waals surface area contributed by atoms with Gasteiger partial charge in [-0.2, -0.15) is 0 Å². The highest BCUT2D eigenvalue weighted by atomic mass is 31.2. The number of nitrogens with one attached hydrogen (secondary N) is 1. The first-order chi connectivity index (χ1) is 11.8. The van der Waals surface area contributed by atoms with Crippen LogP contribution < -0.4 is 5.32 Å². The second-order valence-electron chi connectivity index (χ2n) is 5.97. The van der Waals surface area contributed by atoms with Crippen molar-refractivity contribution in [2.24, 2.45) is 0 Å². The van der Waals surface area contributed by atoms with E-state index >= 15 is 0 Å². The Balaban J connectivity index is 3.46. The van der Waals surface area contributed by atoms with Crippen molar-refractivity contribution in [2.45, 2.75) is 77.2 Å². The summed E-state index contributed by atoms with van der Waals surface area (Å²) in [6.07, 6.45) is 8.56. The van der Waals surface area contributed by atoms with Gasteiger partial charge in [0.1, 0.15) is 0 Å². The van der Waals surface area contributed by atoms with E-state index in [0.717, 1.165) is 44.9 Å². The van der Waals surface area contributed by atoms with E-state index in [1.54, 1.807) is 0 Å². The van der Waals surface area contributed by atoms with Crippen molar-refractivity contribution in [3.05, 3.63) is 0 Å². The molecule has 0 aromatic heterocycles. The molecule has 0 rings (SSSR count). The van der Waals surface area contributed by atoms with Gasteiger partial charge in [0.25, 0.3) is 0 Å². The average molecular weight is 377 g/mol. The molecular weight excluding hydrogens is 345 g/mol. The Labute approximate surface area is 150 Å². The number of rotatable bonds is 14. The van der Waals surface area contributed by atoms with Crippen LogP contribution in [0.2, 0.25) is 0 Å². The molecule has 0 aliphatic rings. The second-order valence-corrected chi connectivity index (χ2v) is 7.21. The molecule has 0 bridgehead atoms. The number of aliphatic hydroxyl groups excluding tert-OH is 1. The van der Waals surface area contributed by atoms with Crippen LogP contribution in [0, 0.1) is 11.8 Å². The van der Waals surface area contributed by atoms with Crippen molar-refractivity contribution in [2.75, 3.05) is 13.2 Å². The van der Waals surface area contributed by atoms with Crippen LogP contribution in [0.4, 0.5) is 0 Å². The Morgan fingerprint density at radius 2 is 1.68 bits per heavy atom. The van der Waals surface area contributed by atoms with Gasteiger partial charge in [0.05, 0.1) is 12.7 Å². The van der Waals surface area contributed by atoms with Gasteiger partial charge in [0, 0.05) is 25.8 Å². The zero-order valence-electron chi connectivity index (χ0n) is 15.1. The van der Waals surface area contributed by atoms with E-state index in [1.807, 2.05) is 0 Å². The average Bonchev–Trinajstić information content (AvgIpc) is 2.55. The fourth-order valence-electron chi connectivity index (χ4n) is 2.03. The monoisotopic (exact) mass is 377 g/mol. The summed E-state index contributed by atoms with van der Waals surface area (Å²) in [6, 6.07) is 0. The molecule has 7 nitrogen and oxygen atoms in total. The van der Waals surface area contributed by atoms with Gasteiger partial charge in [0.15, 0.2) is 0 Å². The zero-order chi connectivity index (χ0) is 19.0. The summed E-state index contributed by atoms with van der Waals surface area (Å²) >= 11 is 0. The maximum atomic E-state index is 11.6. The summed E-state index contributed by atoms with van der Waals surface area (Å²) in [4.78, 5) is 28.6. The Kier molecular flexibility index (Phi) is 14.8. The van der Waals surface area contributed by atoms with Gasteiger partial charge < -0.3 is 20.2 Å². The first-order valence-electron chi connectivity index (χ1n) is 8.95. The van der Waals surface area contributed by atoms with E-state index in [9.17, 15) is 14.5 Å². The third-order valence-corrected chi connectivity index (χ3v) is 3.94. The summed E-state index contributed by atoms with van der Waals surface area (Å²) in [5.41, 5.74) is 0. The fourth-order valence-corrected chi connectivity index (χ4v) is 2.40. The quantitative estimate of drug-likeness (QED) is 0.210. The number of carbonyl (C=O) groups excluding carboxylic acids is 1. The van der Waals surface area contributed by atoms with Crippen LogP contribution in [0.3, 0.4) is 0 Å². The van der Waals surface area contributed by atoms with E-state index in [2.05, 4.69) is 28.6 Å². The highest BCUT2D eigenvalue weighted by Crippen LogP contribution is 2.35. The molecule has 0 saturated heterocycles. The molecule has 0 fully saturated rings. The van der Waals surface area contributed by atoms with Gasteiger partial charge in [0.2, 0.25) is 5.91 Å². The molecule has 1 unspecified atom stereocenters. The third kappa shape index (κ3) is 19.3. The standard InChI is InChI=1S/C17H32NO6P/c1-2-3-4-5-6-7-8-9-10-11-12-13-17(20)18-14-16(19)15-24-25(21,22)23/h16,19H,2-4,7-15H2,1H3,(H,18,20)(H2,21,22,23). The SMILES string of the molecule is CCCCC#CCCCCCCCC(=O)NCC(O)COP(=O)(O)O.